The van der Waals surface area contributed by atoms with Gasteiger partial charge in [-0.1, -0.05) is 0 Å². The fourth-order valence-corrected chi connectivity index (χ4v) is 5.38. The third kappa shape index (κ3) is 6.72. The van der Waals surface area contributed by atoms with Crippen LogP contribution >= 0.6 is 27.3 Å². The molecule has 4 rings (SSSR count). The smallest absolute Gasteiger partial charge is 0.284 e. The van der Waals surface area contributed by atoms with Gasteiger partial charge in [0.15, 0.2) is 5.01 Å². The van der Waals surface area contributed by atoms with Gasteiger partial charge in [-0.3, -0.25) is 9.69 Å². The number of likely N-dealkylation sites (tertiary alicyclic amines) is 1. The Balaban J connectivity index is 1.56. The van der Waals surface area contributed by atoms with E-state index in [0.717, 1.165) is 46.1 Å². The Morgan fingerprint density at radius 1 is 1.27 bits per heavy atom. The van der Waals surface area contributed by atoms with E-state index in [4.69, 9.17) is 0 Å². The molecule has 1 saturated heterocycles. The Morgan fingerprint density at radius 3 is 2.76 bits per heavy atom. The lowest BCUT2D eigenvalue weighted by Crippen LogP contribution is -2.51. The van der Waals surface area contributed by atoms with Gasteiger partial charge in [-0.05, 0) is 86.8 Å². The first kappa shape index (κ1) is 24.1. The van der Waals surface area contributed by atoms with Crippen molar-refractivity contribution in [1.82, 2.24) is 24.8 Å². The van der Waals surface area contributed by atoms with Crippen molar-refractivity contribution in [2.45, 2.75) is 58.7 Å². The molecule has 3 heterocycles. The van der Waals surface area contributed by atoms with Crippen molar-refractivity contribution in [3.63, 3.8) is 0 Å². The number of thiazole rings is 1. The van der Waals surface area contributed by atoms with Crippen LogP contribution in [0.15, 0.2) is 40.7 Å². The molecule has 3 aromatic rings. The zero-order valence-corrected chi connectivity index (χ0v) is 22.0. The number of anilines is 1. The lowest BCUT2D eigenvalue weighted by Gasteiger charge is -2.37. The highest BCUT2D eigenvalue weighted by atomic mass is 79.9. The first-order valence-electron chi connectivity index (χ1n) is 11.2. The highest BCUT2D eigenvalue weighted by molar-refractivity contribution is 9.11. The maximum absolute atomic E-state index is 12.7. The summed E-state index contributed by atoms with van der Waals surface area (Å²) >= 11 is 4.69. The first-order chi connectivity index (χ1) is 15.6. The quantitative estimate of drug-likeness (QED) is 0.468. The third-order valence-corrected chi connectivity index (χ3v) is 6.94. The molecule has 0 saturated carbocycles. The SMILES string of the molecule is Cc1cn(-c2cc(CN3CCCC(NC(C)(C)C)C3)cc(NC(=O)c3ncc(Br)s3)c2)cn1. The molecule has 7 nitrogen and oxygen atoms in total. The van der Waals surface area contributed by atoms with Gasteiger partial charge in [-0.15, -0.1) is 11.3 Å². The lowest BCUT2D eigenvalue weighted by molar-refractivity contribution is 0.102. The van der Waals surface area contributed by atoms with Crippen LogP contribution in [0.25, 0.3) is 5.69 Å². The third-order valence-electron chi connectivity index (χ3n) is 5.47. The average Bonchev–Trinajstić information content (AvgIpc) is 3.35. The van der Waals surface area contributed by atoms with Gasteiger partial charge in [0.05, 0.1) is 22.0 Å². The van der Waals surface area contributed by atoms with Crippen LogP contribution in [0.1, 0.15) is 54.7 Å². The molecule has 1 unspecified atom stereocenters. The largest absolute Gasteiger partial charge is 0.320 e. The normalized spacial score (nSPS) is 17.3. The van der Waals surface area contributed by atoms with Gasteiger partial charge < -0.3 is 15.2 Å². The summed E-state index contributed by atoms with van der Waals surface area (Å²) in [5.74, 6) is -0.206. The number of amides is 1. The van der Waals surface area contributed by atoms with E-state index < -0.39 is 0 Å². The van der Waals surface area contributed by atoms with Crippen LogP contribution in [0.3, 0.4) is 0 Å². The second-order valence-corrected chi connectivity index (χ2v) is 12.1. The Kier molecular flexibility index (Phi) is 7.33. The molecule has 0 radical (unpaired) electrons. The van der Waals surface area contributed by atoms with Crippen molar-refractivity contribution in [1.29, 1.82) is 0 Å². The number of carbonyl (C=O) groups is 1. The molecule has 33 heavy (non-hydrogen) atoms. The predicted molar refractivity (Wildman–Crippen MR) is 137 cm³/mol. The highest BCUT2D eigenvalue weighted by Gasteiger charge is 2.24. The molecule has 1 aliphatic heterocycles. The van der Waals surface area contributed by atoms with Crippen molar-refractivity contribution in [3.05, 3.63) is 57.0 Å². The summed E-state index contributed by atoms with van der Waals surface area (Å²) in [7, 11) is 0. The van der Waals surface area contributed by atoms with Crippen molar-refractivity contribution in [2.24, 2.45) is 0 Å². The zero-order chi connectivity index (χ0) is 23.6. The Labute approximate surface area is 207 Å². The summed E-state index contributed by atoms with van der Waals surface area (Å²) in [5, 5.41) is 7.21. The molecule has 0 aliphatic carbocycles. The van der Waals surface area contributed by atoms with Crippen molar-refractivity contribution in [3.8, 4) is 5.69 Å². The number of benzene rings is 1. The number of hydrogen-bond donors (Lipinski definition) is 2. The van der Waals surface area contributed by atoms with Gasteiger partial charge in [-0.25, -0.2) is 9.97 Å². The van der Waals surface area contributed by atoms with E-state index in [9.17, 15) is 4.79 Å². The van der Waals surface area contributed by atoms with Crippen molar-refractivity contribution in [2.75, 3.05) is 18.4 Å². The van der Waals surface area contributed by atoms with Crippen molar-refractivity contribution < 1.29 is 4.79 Å². The Bertz CT molecular complexity index is 1120. The number of nitrogens with one attached hydrogen (secondary N) is 2. The van der Waals surface area contributed by atoms with E-state index in [0.29, 0.717) is 11.0 Å². The summed E-state index contributed by atoms with van der Waals surface area (Å²) in [6, 6.07) is 6.71. The van der Waals surface area contributed by atoms with E-state index in [1.165, 1.54) is 24.2 Å². The lowest BCUT2D eigenvalue weighted by atomic mass is 10.00. The van der Waals surface area contributed by atoms with Gasteiger partial charge in [0, 0.05) is 42.2 Å². The molecule has 0 spiro atoms. The van der Waals surface area contributed by atoms with Gasteiger partial charge in [-0.2, -0.15) is 0 Å². The summed E-state index contributed by atoms with van der Waals surface area (Å²) in [5.41, 5.74) is 3.95. The minimum atomic E-state index is -0.206. The summed E-state index contributed by atoms with van der Waals surface area (Å²) in [6.45, 7) is 11.6. The first-order valence-corrected chi connectivity index (χ1v) is 12.8. The number of imidazole rings is 1. The molecule has 1 aliphatic rings. The number of carbonyl (C=O) groups excluding carboxylic acids is 1. The molecule has 1 aromatic carbocycles. The van der Waals surface area contributed by atoms with Crippen LogP contribution < -0.4 is 10.6 Å². The summed E-state index contributed by atoms with van der Waals surface area (Å²) < 4.78 is 2.83. The fraction of sp³-hybridized carbons (Fsp3) is 0.458. The molecule has 2 aromatic heterocycles. The second kappa shape index (κ2) is 10.0. The molecule has 1 atom stereocenters. The maximum Gasteiger partial charge on any atom is 0.284 e. The second-order valence-electron chi connectivity index (χ2n) is 9.70. The van der Waals surface area contributed by atoms with Crippen LogP contribution in [0.4, 0.5) is 5.69 Å². The van der Waals surface area contributed by atoms with Crippen LogP contribution in [0.2, 0.25) is 0 Å². The number of aromatic nitrogens is 3. The van der Waals surface area contributed by atoms with Crippen LogP contribution in [-0.2, 0) is 6.54 Å². The van der Waals surface area contributed by atoms with Gasteiger partial charge in [0.2, 0.25) is 0 Å². The van der Waals surface area contributed by atoms with E-state index in [-0.39, 0.29) is 11.4 Å². The number of rotatable bonds is 6. The summed E-state index contributed by atoms with van der Waals surface area (Å²) in [6.07, 6.45) is 7.83. The van der Waals surface area contributed by atoms with Crippen molar-refractivity contribution >= 4 is 38.9 Å². The van der Waals surface area contributed by atoms with Crippen LogP contribution in [0.5, 0.6) is 0 Å². The fourth-order valence-electron chi connectivity index (χ4n) is 4.28. The highest BCUT2D eigenvalue weighted by Crippen LogP contribution is 2.24. The molecule has 0 bridgehead atoms. The molecular weight excluding hydrogens is 500 g/mol. The summed E-state index contributed by atoms with van der Waals surface area (Å²) in [4.78, 5) is 23.8. The average molecular weight is 532 g/mol. The van der Waals surface area contributed by atoms with Crippen LogP contribution in [0, 0.1) is 6.92 Å². The minimum Gasteiger partial charge on any atom is -0.320 e. The molecular formula is C24H31BrN6OS. The monoisotopic (exact) mass is 530 g/mol. The topological polar surface area (TPSA) is 75.1 Å². The minimum absolute atomic E-state index is 0.106. The van der Waals surface area contributed by atoms with E-state index >= 15 is 0 Å². The van der Waals surface area contributed by atoms with Crippen LogP contribution in [-0.4, -0.2) is 50.0 Å². The Morgan fingerprint density at radius 2 is 2.09 bits per heavy atom. The van der Waals surface area contributed by atoms with E-state index in [2.05, 4.69) is 74.3 Å². The molecule has 9 heteroatoms. The molecule has 2 N–H and O–H groups in total. The number of aryl methyl sites for hydroxylation is 1. The van der Waals surface area contributed by atoms with E-state index in [1.807, 2.05) is 30.1 Å². The Hall–Kier alpha value is -2.07. The number of nitrogens with zero attached hydrogens (tertiary/aromatic N) is 4. The molecule has 1 fully saturated rings. The number of halogens is 1. The number of hydrogen-bond acceptors (Lipinski definition) is 6. The standard InChI is InChI=1S/C24H31BrN6OS/c1-16-12-31(15-27-16)20-9-17(13-30-7-5-6-18(14-30)29-24(2,3)4)8-19(10-20)28-22(32)23-26-11-21(25)33-23/h8-12,15,18,29H,5-7,13-14H2,1-4H3,(H,28,32). The molecule has 1 amide bonds. The number of piperidine rings is 1. The van der Waals surface area contributed by atoms with Gasteiger partial charge >= 0.3 is 0 Å². The van der Waals surface area contributed by atoms with E-state index in [1.54, 1.807) is 6.20 Å². The predicted octanol–water partition coefficient (Wildman–Crippen LogP) is 5.00. The van der Waals surface area contributed by atoms with Gasteiger partial charge in [0.25, 0.3) is 5.91 Å². The van der Waals surface area contributed by atoms with Gasteiger partial charge in [0.1, 0.15) is 0 Å². The maximum atomic E-state index is 12.7. The molecule has 176 valence electrons. The zero-order valence-electron chi connectivity index (χ0n) is 19.6.